The number of ether oxygens (including phenoxy) is 1. The molecule has 170 valence electrons. The van der Waals surface area contributed by atoms with Crippen LogP contribution in [-0.4, -0.2) is 58.9 Å². The van der Waals surface area contributed by atoms with Crippen LogP contribution in [0.15, 0.2) is 24.4 Å². The molecule has 4 bridgehead atoms. The van der Waals surface area contributed by atoms with Gasteiger partial charge in [-0.3, -0.25) is 14.0 Å². The fraction of sp³-hybridized carbons (Fsp3) is 0.640. The van der Waals surface area contributed by atoms with Crippen LogP contribution < -0.4 is 5.32 Å². The number of imidazole rings is 1. The molecule has 7 heteroatoms. The third-order valence-corrected chi connectivity index (χ3v) is 8.51. The lowest BCUT2D eigenvalue weighted by atomic mass is 9.49. The van der Waals surface area contributed by atoms with Gasteiger partial charge in [0.25, 0.3) is 11.8 Å². The lowest BCUT2D eigenvalue weighted by Crippen LogP contribution is -2.51. The van der Waals surface area contributed by atoms with Crippen molar-refractivity contribution in [2.24, 2.45) is 23.2 Å². The Morgan fingerprint density at radius 2 is 1.91 bits per heavy atom. The highest BCUT2D eigenvalue weighted by Crippen LogP contribution is 2.59. The highest BCUT2D eigenvalue weighted by atomic mass is 16.5. The molecule has 1 N–H and O–H groups in total. The van der Waals surface area contributed by atoms with E-state index in [-0.39, 0.29) is 17.9 Å². The van der Waals surface area contributed by atoms with Gasteiger partial charge < -0.3 is 15.0 Å². The number of fused-ring (bicyclic) bond motifs is 1. The van der Waals surface area contributed by atoms with Crippen LogP contribution in [0.3, 0.4) is 0 Å². The number of pyridine rings is 1. The van der Waals surface area contributed by atoms with Crippen molar-refractivity contribution >= 4 is 17.5 Å². The second kappa shape index (κ2) is 7.58. The summed E-state index contributed by atoms with van der Waals surface area (Å²) in [4.78, 5) is 32.4. The highest BCUT2D eigenvalue weighted by Gasteiger charge is 2.50. The number of amides is 2. The minimum atomic E-state index is -0.135. The maximum Gasteiger partial charge on any atom is 0.274 e. The SMILES string of the molecule is CN(C(=O)c1cn2c(C(=O)NCC34CC5CC(CC(C5)C3)C4)cccc2n1)C1CCOC1. The molecular formula is C25H32N4O3. The van der Waals surface area contributed by atoms with Gasteiger partial charge in [-0.2, -0.15) is 0 Å². The van der Waals surface area contributed by atoms with E-state index in [0.29, 0.717) is 35.7 Å². The third-order valence-electron chi connectivity index (χ3n) is 8.51. The molecule has 32 heavy (non-hydrogen) atoms. The zero-order chi connectivity index (χ0) is 21.9. The van der Waals surface area contributed by atoms with Crippen molar-refractivity contribution in [3.05, 3.63) is 35.8 Å². The van der Waals surface area contributed by atoms with E-state index in [1.807, 2.05) is 18.2 Å². The molecule has 7 nitrogen and oxygen atoms in total. The van der Waals surface area contributed by atoms with Crippen molar-refractivity contribution in [3.63, 3.8) is 0 Å². The van der Waals surface area contributed by atoms with E-state index in [0.717, 1.165) is 30.7 Å². The molecule has 0 radical (unpaired) electrons. The summed E-state index contributed by atoms with van der Waals surface area (Å²) in [6.07, 6.45) is 10.6. The van der Waals surface area contributed by atoms with Gasteiger partial charge >= 0.3 is 0 Å². The Morgan fingerprint density at radius 3 is 2.56 bits per heavy atom. The smallest absolute Gasteiger partial charge is 0.274 e. The number of likely N-dealkylation sites (N-methyl/N-ethyl adjacent to an activating group) is 1. The summed E-state index contributed by atoms with van der Waals surface area (Å²) in [5.74, 6) is 2.38. The predicted octanol–water partition coefficient (Wildman–Crippen LogP) is 3.14. The van der Waals surface area contributed by atoms with Crippen molar-refractivity contribution in [3.8, 4) is 0 Å². The number of nitrogens with one attached hydrogen (secondary N) is 1. The molecule has 3 heterocycles. The van der Waals surface area contributed by atoms with Gasteiger partial charge in [0.2, 0.25) is 0 Å². The van der Waals surface area contributed by atoms with Gasteiger partial charge in [0.15, 0.2) is 0 Å². The van der Waals surface area contributed by atoms with Crippen LogP contribution in [0.25, 0.3) is 5.65 Å². The summed E-state index contributed by atoms with van der Waals surface area (Å²) >= 11 is 0. The maximum absolute atomic E-state index is 13.2. The number of carbonyl (C=O) groups excluding carboxylic acids is 2. The number of nitrogens with zero attached hydrogens (tertiary/aromatic N) is 3. The van der Waals surface area contributed by atoms with Crippen LogP contribution in [0.1, 0.15) is 65.9 Å². The van der Waals surface area contributed by atoms with Crippen molar-refractivity contribution in [1.29, 1.82) is 0 Å². The van der Waals surface area contributed by atoms with Gasteiger partial charge in [0.05, 0.1) is 12.6 Å². The first-order chi connectivity index (χ1) is 15.5. The average molecular weight is 437 g/mol. The molecule has 2 aromatic heterocycles. The first kappa shape index (κ1) is 20.2. The molecule has 0 spiro atoms. The lowest BCUT2D eigenvalue weighted by Gasteiger charge is -2.56. The summed E-state index contributed by atoms with van der Waals surface area (Å²) in [6, 6.07) is 5.57. The van der Waals surface area contributed by atoms with Crippen molar-refractivity contribution in [2.75, 3.05) is 26.8 Å². The molecule has 1 unspecified atom stereocenters. The molecule has 1 aliphatic heterocycles. The summed E-state index contributed by atoms with van der Waals surface area (Å²) in [5, 5.41) is 3.25. The van der Waals surface area contributed by atoms with E-state index >= 15 is 0 Å². The molecule has 2 aromatic rings. The van der Waals surface area contributed by atoms with Crippen LogP contribution in [0.2, 0.25) is 0 Å². The largest absolute Gasteiger partial charge is 0.379 e. The van der Waals surface area contributed by atoms with Gasteiger partial charge in [-0.25, -0.2) is 4.98 Å². The molecule has 1 saturated heterocycles. The molecule has 5 fully saturated rings. The molecule has 7 rings (SSSR count). The quantitative estimate of drug-likeness (QED) is 0.781. The monoisotopic (exact) mass is 436 g/mol. The minimum Gasteiger partial charge on any atom is -0.379 e. The van der Waals surface area contributed by atoms with Crippen LogP contribution in [-0.2, 0) is 4.74 Å². The molecule has 2 amide bonds. The second-order valence-electron chi connectivity index (χ2n) is 10.8. The Kier molecular flexibility index (Phi) is 4.79. The first-order valence-electron chi connectivity index (χ1n) is 12.1. The normalized spacial score (nSPS) is 33.0. The van der Waals surface area contributed by atoms with Gasteiger partial charge in [-0.1, -0.05) is 6.07 Å². The Balaban J connectivity index is 1.19. The fourth-order valence-electron chi connectivity index (χ4n) is 7.34. The third kappa shape index (κ3) is 3.41. The Hall–Kier alpha value is -2.41. The summed E-state index contributed by atoms with van der Waals surface area (Å²) < 4.78 is 7.17. The molecule has 4 aliphatic carbocycles. The highest BCUT2D eigenvalue weighted by molar-refractivity contribution is 5.95. The van der Waals surface area contributed by atoms with Crippen molar-refractivity contribution in [1.82, 2.24) is 19.6 Å². The molecule has 1 atom stereocenters. The molecule has 0 aromatic carbocycles. The Bertz CT molecular complexity index is 1020. The van der Waals surface area contributed by atoms with E-state index in [2.05, 4.69) is 10.3 Å². The maximum atomic E-state index is 13.2. The minimum absolute atomic E-state index is 0.0790. The van der Waals surface area contributed by atoms with E-state index in [9.17, 15) is 9.59 Å². The summed E-state index contributed by atoms with van der Waals surface area (Å²) in [6.45, 7) is 2.01. The number of carbonyl (C=O) groups is 2. The topological polar surface area (TPSA) is 75.9 Å². The number of hydrogen-bond acceptors (Lipinski definition) is 4. The van der Waals surface area contributed by atoms with E-state index < -0.39 is 0 Å². The standard InChI is InChI=1S/C25H32N4O3/c1-28(19-5-6-32-14-19)24(31)20-13-29-21(3-2-4-22(29)27-20)23(30)26-15-25-10-16-7-17(11-25)9-18(8-16)12-25/h2-4,13,16-19H,5-12,14-15H2,1H3,(H,26,30). The summed E-state index contributed by atoms with van der Waals surface area (Å²) in [5.41, 5.74) is 1.80. The van der Waals surface area contributed by atoms with Gasteiger partial charge in [0, 0.05) is 26.4 Å². The van der Waals surface area contributed by atoms with E-state index in [1.165, 1.54) is 38.5 Å². The number of aromatic nitrogens is 2. The lowest BCUT2D eigenvalue weighted by molar-refractivity contribution is -0.0503. The predicted molar refractivity (Wildman–Crippen MR) is 119 cm³/mol. The van der Waals surface area contributed by atoms with E-state index in [4.69, 9.17) is 4.74 Å². The zero-order valence-electron chi connectivity index (χ0n) is 18.8. The van der Waals surface area contributed by atoms with Gasteiger partial charge in [-0.15, -0.1) is 0 Å². The average Bonchev–Trinajstić information content (AvgIpc) is 3.45. The number of rotatable bonds is 5. The fourth-order valence-corrected chi connectivity index (χ4v) is 7.34. The Morgan fingerprint density at radius 1 is 1.19 bits per heavy atom. The first-order valence-corrected chi connectivity index (χ1v) is 12.1. The van der Waals surface area contributed by atoms with Crippen molar-refractivity contribution in [2.45, 2.75) is 51.0 Å². The zero-order valence-corrected chi connectivity index (χ0v) is 18.8. The van der Waals surface area contributed by atoms with E-state index in [1.54, 1.807) is 22.5 Å². The molecule has 4 saturated carbocycles. The van der Waals surface area contributed by atoms with Gasteiger partial charge in [0.1, 0.15) is 17.0 Å². The van der Waals surface area contributed by atoms with Gasteiger partial charge in [-0.05, 0) is 80.2 Å². The van der Waals surface area contributed by atoms with Crippen LogP contribution in [0.5, 0.6) is 0 Å². The summed E-state index contributed by atoms with van der Waals surface area (Å²) in [7, 11) is 1.80. The van der Waals surface area contributed by atoms with Crippen molar-refractivity contribution < 1.29 is 14.3 Å². The second-order valence-corrected chi connectivity index (χ2v) is 10.8. The molecular weight excluding hydrogens is 404 g/mol. The number of hydrogen-bond donors (Lipinski definition) is 1. The Labute approximate surface area is 188 Å². The molecule has 5 aliphatic rings. The van der Waals surface area contributed by atoms with Crippen LogP contribution in [0.4, 0.5) is 0 Å². The van der Waals surface area contributed by atoms with Crippen LogP contribution >= 0.6 is 0 Å². The van der Waals surface area contributed by atoms with Crippen LogP contribution in [0, 0.1) is 23.2 Å².